The molecule has 18 heavy (non-hydrogen) atoms. The summed E-state index contributed by atoms with van der Waals surface area (Å²) in [5, 5.41) is 7.84. The zero-order valence-electron chi connectivity index (χ0n) is 10.7. The van der Waals surface area contributed by atoms with E-state index in [1.807, 2.05) is 6.20 Å². The van der Waals surface area contributed by atoms with Gasteiger partial charge in [0.05, 0.1) is 25.8 Å². The van der Waals surface area contributed by atoms with Gasteiger partial charge in [0.1, 0.15) is 0 Å². The van der Waals surface area contributed by atoms with Crippen molar-refractivity contribution in [3.8, 4) is 0 Å². The molecule has 1 aromatic heterocycles. The van der Waals surface area contributed by atoms with E-state index in [-0.39, 0.29) is 5.97 Å². The van der Waals surface area contributed by atoms with E-state index in [2.05, 4.69) is 15.0 Å². The quantitative estimate of drug-likeness (QED) is 0.497. The second-order valence-electron chi connectivity index (χ2n) is 3.82. The van der Waals surface area contributed by atoms with Crippen LogP contribution < -0.4 is 5.73 Å². The predicted octanol–water partition coefficient (Wildman–Crippen LogP) is 0.0967. The molecule has 0 saturated heterocycles. The molecule has 2 N–H and O–H groups in total. The van der Waals surface area contributed by atoms with Crippen LogP contribution in [0.4, 0.5) is 0 Å². The number of carbonyl (C=O) groups excluding carboxylic acids is 1. The fourth-order valence-corrected chi connectivity index (χ4v) is 1.38. The highest BCUT2D eigenvalue weighted by Gasteiger charge is 2.00. The van der Waals surface area contributed by atoms with Crippen LogP contribution in [0.5, 0.6) is 0 Å². The lowest BCUT2D eigenvalue weighted by molar-refractivity contribution is -0.141. The second-order valence-corrected chi connectivity index (χ2v) is 3.82. The molecule has 1 aromatic rings. The summed E-state index contributed by atoms with van der Waals surface area (Å²) in [5.41, 5.74) is 6.23. The first-order valence-corrected chi connectivity index (χ1v) is 6.00. The van der Waals surface area contributed by atoms with E-state index in [0.29, 0.717) is 26.2 Å². The number of nitrogens with zero attached hydrogens (tertiary/aromatic N) is 3. The fourth-order valence-electron chi connectivity index (χ4n) is 1.38. The van der Waals surface area contributed by atoms with Crippen molar-refractivity contribution >= 4 is 5.97 Å². The molecule has 0 bridgehead atoms. The van der Waals surface area contributed by atoms with Gasteiger partial charge in [0.15, 0.2) is 0 Å². The zero-order valence-corrected chi connectivity index (χ0v) is 10.7. The van der Waals surface area contributed by atoms with E-state index in [9.17, 15) is 4.79 Å². The molecule has 0 spiro atoms. The summed E-state index contributed by atoms with van der Waals surface area (Å²) < 4.78 is 11.6. The minimum Gasteiger partial charge on any atom is -0.469 e. The van der Waals surface area contributed by atoms with Crippen LogP contribution in [-0.4, -0.2) is 41.3 Å². The van der Waals surface area contributed by atoms with Crippen molar-refractivity contribution in [2.24, 2.45) is 5.73 Å². The minimum absolute atomic E-state index is 0.244. The van der Waals surface area contributed by atoms with Gasteiger partial charge in [-0.3, -0.25) is 9.48 Å². The molecule has 0 aliphatic rings. The van der Waals surface area contributed by atoms with Crippen molar-refractivity contribution in [3.63, 3.8) is 0 Å². The normalized spacial score (nSPS) is 10.6. The van der Waals surface area contributed by atoms with E-state index in [1.54, 1.807) is 4.68 Å². The van der Waals surface area contributed by atoms with Gasteiger partial charge in [-0.2, -0.15) is 0 Å². The number of rotatable bonds is 9. The van der Waals surface area contributed by atoms with Crippen LogP contribution >= 0.6 is 0 Å². The smallest absolute Gasteiger partial charge is 0.307 e. The Balaban J connectivity index is 1.97. The van der Waals surface area contributed by atoms with Gasteiger partial charge < -0.3 is 15.2 Å². The molecule has 0 aliphatic carbocycles. The third-order valence-corrected chi connectivity index (χ3v) is 2.40. The molecular weight excluding hydrogens is 236 g/mol. The van der Waals surface area contributed by atoms with E-state index < -0.39 is 0 Å². The summed E-state index contributed by atoms with van der Waals surface area (Å²) in [5.74, 6) is -0.244. The number of carbonyl (C=O) groups is 1. The Hall–Kier alpha value is -1.47. The molecule has 0 amide bonds. The van der Waals surface area contributed by atoms with Crippen molar-refractivity contribution in [2.75, 3.05) is 20.3 Å². The van der Waals surface area contributed by atoms with Crippen molar-refractivity contribution < 1.29 is 14.3 Å². The van der Waals surface area contributed by atoms with Crippen molar-refractivity contribution in [3.05, 3.63) is 11.9 Å². The van der Waals surface area contributed by atoms with Crippen LogP contribution in [-0.2, 0) is 27.4 Å². The minimum atomic E-state index is -0.244. The maximum atomic E-state index is 10.8. The lowest BCUT2D eigenvalue weighted by Crippen LogP contribution is -2.07. The topological polar surface area (TPSA) is 92.3 Å². The van der Waals surface area contributed by atoms with Gasteiger partial charge >= 0.3 is 5.97 Å². The predicted molar refractivity (Wildman–Crippen MR) is 64.6 cm³/mol. The first-order valence-electron chi connectivity index (χ1n) is 6.00. The van der Waals surface area contributed by atoms with Crippen LogP contribution in [0, 0.1) is 0 Å². The average Bonchev–Trinajstić information content (AvgIpc) is 2.85. The molecule has 102 valence electrons. The Morgan fingerprint density at radius 2 is 2.28 bits per heavy atom. The van der Waals surface area contributed by atoms with Gasteiger partial charge in [-0.1, -0.05) is 5.21 Å². The number of ether oxygens (including phenoxy) is 2. The highest BCUT2D eigenvalue weighted by Crippen LogP contribution is 1.97. The van der Waals surface area contributed by atoms with Crippen LogP contribution in [0.2, 0.25) is 0 Å². The molecule has 1 heterocycles. The number of aryl methyl sites for hydroxylation is 1. The number of hydrogen-bond acceptors (Lipinski definition) is 6. The maximum Gasteiger partial charge on any atom is 0.307 e. The molecule has 0 saturated carbocycles. The summed E-state index contributed by atoms with van der Waals surface area (Å²) in [4.78, 5) is 10.8. The van der Waals surface area contributed by atoms with Gasteiger partial charge in [0.2, 0.25) is 0 Å². The Labute approximate surface area is 106 Å². The lowest BCUT2D eigenvalue weighted by Gasteiger charge is -2.03. The largest absolute Gasteiger partial charge is 0.469 e. The molecule has 0 atom stereocenters. The Kier molecular flexibility index (Phi) is 6.97. The number of unbranched alkanes of at least 4 members (excludes halogenated alkanes) is 1. The Bertz CT molecular complexity index is 354. The van der Waals surface area contributed by atoms with Crippen LogP contribution in [0.3, 0.4) is 0 Å². The number of methoxy groups -OCH3 is 1. The van der Waals surface area contributed by atoms with E-state index in [1.165, 1.54) is 7.11 Å². The highest BCUT2D eigenvalue weighted by atomic mass is 16.5. The third-order valence-electron chi connectivity index (χ3n) is 2.40. The van der Waals surface area contributed by atoms with Crippen molar-refractivity contribution in [2.45, 2.75) is 32.4 Å². The average molecular weight is 256 g/mol. The van der Waals surface area contributed by atoms with Gasteiger partial charge in [0, 0.05) is 25.9 Å². The second kappa shape index (κ2) is 8.60. The third kappa shape index (κ3) is 5.74. The summed E-state index contributed by atoms with van der Waals surface area (Å²) >= 11 is 0. The maximum absolute atomic E-state index is 10.8. The number of aromatic nitrogens is 3. The van der Waals surface area contributed by atoms with E-state index in [4.69, 9.17) is 10.5 Å². The summed E-state index contributed by atoms with van der Waals surface area (Å²) in [7, 11) is 1.37. The van der Waals surface area contributed by atoms with Crippen LogP contribution in [0.1, 0.15) is 25.0 Å². The number of hydrogen-bond donors (Lipinski definition) is 1. The highest BCUT2D eigenvalue weighted by molar-refractivity contribution is 5.69. The summed E-state index contributed by atoms with van der Waals surface area (Å²) in [6, 6.07) is 0. The van der Waals surface area contributed by atoms with Gasteiger partial charge in [-0.15, -0.1) is 5.10 Å². The molecule has 7 nitrogen and oxygen atoms in total. The number of esters is 1. The SMILES string of the molecule is COC(=O)CCOCCCCn1cc(CN)nn1. The van der Waals surface area contributed by atoms with E-state index in [0.717, 1.165) is 25.1 Å². The molecule has 0 unspecified atom stereocenters. The van der Waals surface area contributed by atoms with E-state index >= 15 is 0 Å². The standard InChI is InChI=1S/C11H20N4O3/c1-17-11(16)4-7-18-6-3-2-5-15-9-10(8-12)13-14-15/h9H,2-8,12H2,1H3. The molecule has 1 rings (SSSR count). The fraction of sp³-hybridized carbons (Fsp3) is 0.727. The van der Waals surface area contributed by atoms with Gasteiger partial charge in [0.25, 0.3) is 0 Å². The summed E-state index contributed by atoms with van der Waals surface area (Å²) in [6.07, 6.45) is 4.02. The molecule has 0 aliphatic heterocycles. The van der Waals surface area contributed by atoms with Crippen molar-refractivity contribution in [1.29, 1.82) is 0 Å². The first-order chi connectivity index (χ1) is 8.76. The van der Waals surface area contributed by atoms with Crippen molar-refractivity contribution in [1.82, 2.24) is 15.0 Å². The molecule has 0 radical (unpaired) electrons. The first kappa shape index (κ1) is 14.6. The Morgan fingerprint density at radius 3 is 2.94 bits per heavy atom. The zero-order chi connectivity index (χ0) is 13.2. The Morgan fingerprint density at radius 1 is 1.44 bits per heavy atom. The molecule has 0 fully saturated rings. The van der Waals surface area contributed by atoms with Crippen LogP contribution in [0.25, 0.3) is 0 Å². The van der Waals surface area contributed by atoms with Gasteiger partial charge in [-0.25, -0.2) is 0 Å². The molecule has 0 aromatic carbocycles. The van der Waals surface area contributed by atoms with Crippen LogP contribution in [0.15, 0.2) is 6.20 Å². The number of nitrogens with two attached hydrogens (primary N) is 1. The molecule has 7 heteroatoms. The molecular formula is C11H20N4O3. The summed E-state index contributed by atoms with van der Waals surface area (Å²) in [6.45, 7) is 2.26. The monoisotopic (exact) mass is 256 g/mol. The lowest BCUT2D eigenvalue weighted by atomic mass is 10.3. The van der Waals surface area contributed by atoms with Gasteiger partial charge in [-0.05, 0) is 12.8 Å².